The number of thiocarbonyl (C=S) groups is 1. The average molecular weight is 370 g/mol. The van der Waals surface area contributed by atoms with Gasteiger partial charge in [-0.25, -0.2) is 4.68 Å². The molecule has 3 rings (SSSR count). The van der Waals surface area contributed by atoms with E-state index in [-0.39, 0.29) is 16.2 Å². The van der Waals surface area contributed by atoms with Crippen LogP contribution in [-0.4, -0.2) is 50.2 Å². The van der Waals surface area contributed by atoms with Gasteiger partial charge in [-0.15, -0.1) is 0 Å². The molecule has 1 aliphatic rings. The van der Waals surface area contributed by atoms with Crippen LogP contribution in [-0.2, 0) is 16.6 Å². The number of nitrogens with zero attached hydrogens (tertiary/aromatic N) is 4. The monoisotopic (exact) mass is 370 g/mol. The van der Waals surface area contributed by atoms with Gasteiger partial charge in [-0.2, -0.15) is 0 Å². The number of rotatable bonds is 2. The number of benzene rings is 1. The maximum Gasteiger partial charge on any atom is 0.278 e. The summed E-state index contributed by atoms with van der Waals surface area (Å²) in [5.74, 6) is -1.04. The van der Waals surface area contributed by atoms with Gasteiger partial charge in [0.2, 0.25) is 0 Å². The van der Waals surface area contributed by atoms with E-state index in [1.807, 2.05) is 30.3 Å². The van der Waals surface area contributed by atoms with E-state index >= 15 is 0 Å². The zero-order valence-electron chi connectivity index (χ0n) is 14.9. The van der Waals surface area contributed by atoms with Gasteiger partial charge in [0, 0.05) is 26.8 Å². The first-order chi connectivity index (χ1) is 12.3. The molecule has 0 saturated carbocycles. The van der Waals surface area contributed by atoms with Crippen molar-refractivity contribution in [3.63, 3.8) is 0 Å². The van der Waals surface area contributed by atoms with Crippen molar-refractivity contribution in [2.24, 2.45) is 7.05 Å². The third-order valence-corrected chi connectivity index (χ3v) is 5.08. The van der Waals surface area contributed by atoms with Crippen LogP contribution < -0.4 is 5.56 Å². The summed E-state index contributed by atoms with van der Waals surface area (Å²) in [5, 5.41) is 0.128. The van der Waals surface area contributed by atoms with E-state index in [0.29, 0.717) is 16.9 Å². The van der Waals surface area contributed by atoms with Crippen LogP contribution in [0.5, 0.6) is 0 Å². The lowest BCUT2D eigenvalue weighted by atomic mass is 10.1. The highest BCUT2D eigenvalue weighted by molar-refractivity contribution is 7.80. The summed E-state index contributed by atoms with van der Waals surface area (Å²) in [6.07, 6.45) is 1.36. The molecular formula is C18H18N4O3S. The Bertz CT molecular complexity index is 991. The lowest BCUT2D eigenvalue weighted by Crippen LogP contribution is -2.52. The van der Waals surface area contributed by atoms with Crippen LogP contribution in [0.1, 0.15) is 11.3 Å². The van der Waals surface area contributed by atoms with Crippen molar-refractivity contribution in [1.29, 1.82) is 0 Å². The van der Waals surface area contributed by atoms with E-state index in [0.717, 1.165) is 0 Å². The quantitative estimate of drug-likeness (QED) is 0.451. The smallest absolute Gasteiger partial charge is 0.278 e. The molecular weight excluding hydrogens is 352 g/mol. The molecule has 1 aromatic heterocycles. The van der Waals surface area contributed by atoms with Gasteiger partial charge in [0.15, 0.2) is 5.11 Å². The van der Waals surface area contributed by atoms with Gasteiger partial charge in [0.05, 0.1) is 11.3 Å². The van der Waals surface area contributed by atoms with Gasteiger partial charge in [-0.3, -0.25) is 28.9 Å². The molecule has 7 nitrogen and oxygen atoms in total. The van der Waals surface area contributed by atoms with Crippen LogP contribution in [0, 0.1) is 6.92 Å². The number of carbonyl (C=O) groups excluding carboxylic acids is 2. The predicted octanol–water partition coefficient (Wildman–Crippen LogP) is 1.08. The Balaban J connectivity index is 2.18. The molecule has 0 spiro atoms. The third kappa shape index (κ3) is 2.59. The molecule has 8 heteroatoms. The Labute approximate surface area is 155 Å². The molecule has 2 heterocycles. The van der Waals surface area contributed by atoms with Crippen molar-refractivity contribution in [2.45, 2.75) is 6.92 Å². The number of amides is 2. The first-order valence-electron chi connectivity index (χ1n) is 7.91. The van der Waals surface area contributed by atoms with Gasteiger partial charge < -0.3 is 0 Å². The molecule has 0 N–H and O–H groups in total. The highest BCUT2D eigenvalue weighted by Gasteiger charge is 2.35. The SMILES string of the molecule is Cc1c(C=C2C(=O)N(C)C(=S)N(C)C2=O)c(=O)n(-c2ccccc2)n1C. The predicted molar refractivity (Wildman–Crippen MR) is 102 cm³/mol. The molecule has 0 bridgehead atoms. The Morgan fingerprint density at radius 1 is 0.923 bits per heavy atom. The maximum atomic E-state index is 12.9. The van der Waals surface area contributed by atoms with Gasteiger partial charge in [-0.05, 0) is 37.4 Å². The largest absolute Gasteiger partial charge is 0.288 e. The van der Waals surface area contributed by atoms with E-state index in [9.17, 15) is 14.4 Å². The van der Waals surface area contributed by atoms with E-state index in [1.54, 1.807) is 18.7 Å². The van der Waals surface area contributed by atoms with Gasteiger partial charge in [0.25, 0.3) is 17.4 Å². The van der Waals surface area contributed by atoms with Crippen molar-refractivity contribution in [1.82, 2.24) is 19.2 Å². The van der Waals surface area contributed by atoms with Gasteiger partial charge in [0.1, 0.15) is 5.57 Å². The minimum atomic E-state index is -0.521. The number of likely N-dealkylation sites (N-methyl/N-ethyl adjacent to an activating group) is 2. The van der Waals surface area contributed by atoms with Crippen LogP contribution in [0.2, 0.25) is 0 Å². The standard InChI is InChI=1S/C18H18N4O3S/c1-11-13(10-14-15(23)19(2)18(26)20(3)16(14)24)17(25)22(21(11)4)12-8-6-5-7-9-12/h5-10H,1-4H3. The zero-order valence-corrected chi connectivity index (χ0v) is 15.7. The second-order valence-electron chi connectivity index (χ2n) is 6.04. The Morgan fingerprint density at radius 2 is 1.46 bits per heavy atom. The van der Waals surface area contributed by atoms with Crippen LogP contribution in [0.15, 0.2) is 40.7 Å². The molecule has 26 heavy (non-hydrogen) atoms. The molecule has 1 aromatic carbocycles. The lowest BCUT2D eigenvalue weighted by molar-refractivity contribution is -0.132. The minimum absolute atomic E-state index is 0.0883. The molecule has 0 aliphatic carbocycles. The summed E-state index contributed by atoms with van der Waals surface area (Å²) >= 11 is 5.08. The van der Waals surface area contributed by atoms with Crippen molar-refractivity contribution >= 4 is 35.2 Å². The number of carbonyl (C=O) groups is 2. The van der Waals surface area contributed by atoms with Crippen molar-refractivity contribution < 1.29 is 9.59 Å². The lowest BCUT2D eigenvalue weighted by Gasteiger charge is -2.31. The fraction of sp³-hybridized carbons (Fsp3) is 0.222. The molecule has 0 unspecified atom stereocenters. The normalized spacial score (nSPS) is 15.1. The van der Waals surface area contributed by atoms with Gasteiger partial charge in [-0.1, -0.05) is 18.2 Å². The van der Waals surface area contributed by atoms with Crippen LogP contribution in [0.3, 0.4) is 0 Å². The first-order valence-corrected chi connectivity index (χ1v) is 8.32. The average Bonchev–Trinajstić information content (AvgIpc) is 2.85. The minimum Gasteiger partial charge on any atom is -0.288 e. The number of para-hydroxylation sites is 1. The number of aromatic nitrogens is 2. The zero-order chi connectivity index (χ0) is 19.2. The fourth-order valence-electron chi connectivity index (χ4n) is 2.87. The Morgan fingerprint density at radius 3 is 2.00 bits per heavy atom. The Hall–Kier alpha value is -3.00. The molecule has 0 radical (unpaired) electrons. The molecule has 0 atom stereocenters. The van der Waals surface area contributed by atoms with E-state index in [2.05, 4.69) is 0 Å². The molecule has 134 valence electrons. The molecule has 1 fully saturated rings. The van der Waals surface area contributed by atoms with Crippen molar-refractivity contribution in [3.8, 4) is 5.69 Å². The third-order valence-electron chi connectivity index (χ3n) is 4.53. The van der Waals surface area contributed by atoms with Crippen molar-refractivity contribution in [3.05, 3.63) is 57.5 Å². The van der Waals surface area contributed by atoms with Crippen LogP contribution in [0.25, 0.3) is 11.8 Å². The van der Waals surface area contributed by atoms with Crippen LogP contribution in [0.4, 0.5) is 0 Å². The highest BCUT2D eigenvalue weighted by Crippen LogP contribution is 2.19. The fourth-order valence-corrected chi connectivity index (χ4v) is 3.04. The van der Waals surface area contributed by atoms with E-state index < -0.39 is 11.8 Å². The second kappa shape index (κ2) is 6.38. The molecule has 1 saturated heterocycles. The first kappa shape index (κ1) is 17.8. The van der Waals surface area contributed by atoms with E-state index in [4.69, 9.17) is 12.2 Å². The second-order valence-corrected chi connectivity index (χ2v) is 6.41. The summed E-state index contributed by atoms with van der Waals surface area (Å²) in [5.41, 5.74) is 1.25. The molecule has 2 aromatic rings. The Kier molecular flexibility index (Phi) is 4.37. The number of hydrogen-bond donors (Lipinski definition) is 0. The summed E-state index contributed by atoms with van der Waals surface area (Å²) in [7, 11) is 4.76. The van der Waals surface area contributed by atoms with Crippen LogP contribution >= 0.6 is 12.2 Å². The summed E-state index contributed by atoms with van der Waals surface area (Å²) in [6.45, 7) is 1.77. The number of hydrogen-bond acceptors (Lipinski definition) is 4. The summed E-state index contributed by atoms with van der Waals surface area (Å²) < 4.78 is 3.19. The topological polar surface area (TPSA) is 67.6 Å². The highest BCUT2D eigenvalue weighted by atomic mass is 32.1. The summed E-state index contributed by atoms with van der Waals surface area (Å²) in [4.78, 5) is 40.4. The van der Waals surface area contributed by atoms with Crippen molar-refractivity contribution in [2.75, 3.05) is 14.1 Å². The van der Waals surface area contributed by atoms with Gasteiger partial charge >= 0.3 is 0 Å². The summed E-state index contributed by atoms with van der Waals surface area (Å²) in [6, 6.07) is 9.16. The maximum absolute atomic E-state index is 12.9. The molecule has 2 amide bonds. The van der Waals surface area contributed by atoms with E-state index in [1.165, 1.54) is 34.7 Å². The molecule has 1 aliphatic heterocycles.